The molecule has 0 fully saturated rings. The van der Waals surface area contributed by atoms with Gasteiger partial charge in [-0.2, -0.15) is 0 Å². The Balaban J connectivity index is 3.56. The van der Waals surface area contributed by atoms with E-state index in [1.165, 1.54) is 0 Å². The van der Waals surface area contributed by atoms with E-state index in [0.29, 0.717) is 5.75 Å². The fourth-order valence-electron chi connectivity index (χ4n) is 0.237. The summed E-state index contributed by atoms with van der Waals surface area (Å²) in [5.74, 6) is 0.682. The lowest BCUT2D eigenvalue weighted by molar-refractivity contribution is -0.204. The maximum atomic E-state index is 7.92. The summed E-state index contributed by atoms with van der Waals surface area (Å²) < 4.78 is 0. The van der Waals surface area contributed by atoms with Gasteiger partial charge in [-0.05, 0) is 12.3 Å². The normalized spacial score (nSPS) is 15.1. The third-order valence-electron chi connectivity index (χ3n) is 0.625. The van der Waals surface area contributed by atoms with Gasteiger partial charge in [-0.25, -0.2) is 5.26 Å². The van der Waals surface area contributed by atoms with Gasteiger partial charge in [-0.1, -0.05) is 11.2 Å². The van der Waals surface area contributed by atoms with Crippen LogP contribution in [0.4, 0.5) is 0 Å². The summed E-state index contributed by atoms with van der Waals surface area (Å²) in [4.78, 5) is 3.70. The average Bonchev–Trinajstić information content (AvgIpc) is 1.83. The Hall–Kier alpha value is -0.130. The van der Waals surface area contributed by atoms with Crippen LogP contribution in [0.2, 0.25) is 0 Å². The number of nitrogens with two attached hydrogens (primary N) is 1. The van der Waals surface area contributed by atoms with Crippen molar-refractivity contribution in [2.45, 2.75) is 0 Å². The second kappa shape index (κ2) is 4.72. The first kappa shape index (κ1) is 8.87. The highest BCUT2D eigenvalue weighted by Crippen LogP contribution is 1.84. The molecule has 0 spiro atoms. The molecule has 0 bridgehead atoms. The van der Waals surface area contributed by atoms with Crippen molar-refractivity contribution in [3.8, 4) is 0 Å². The van der Waals surface area contributed by atoms with Crippen LogP contribution >= 0.6 is 0 Å². The van der Waals surface area contributed by atoms with Crippen LogP contribution in [-0.4, -0.2) is 17.3 Å². The zero-order valence-corrected chi connectivity index (χ0v) is 6.67. The molecule has 0 aromatic rings. The molecule has 0 rings (SSSR count). The van der Waals surface area contributed by atoms with E-state index in [4.69, 9.17) is 22.2 Å². The van der Waals surface area contributed by atoms with Crippen molar-refractivity contribution in [3.63, 3.8) is 0 Å². The van der Waals surface area contributed by atoms with Crippen molar-refractivity contribution in [2.75, 3.05) is 12.0 Å². The molecular formula is C4H9NO2S2. The first-order chi connectivity index (χ1) is 4.16. The zero-order chi connectivity index (χ0) is 7.28. The first-order valence-corrected chi connectivity index (χ1v) is 4.96. The molecule has 3 N–H and O–H groups in total. The van der Waals surface area contributed by atoms with Crippen LogP contribution in [0, 0.1) is 0 Å². The van der Waals surface area contributed by atoms with E-state index in [1.807, 2.05) is 6.26 Å². The fourth-order valence-corrected chi connectivity index (χ4v) is 0.840. The minimum absolute atomic E-state index is 0.0131. The summed E-state index contributed by atoms with van der Waals surface area (Å²) in [6.07, 6.45) is 3.45. The summed E-state index contributed by atoms with van der Waals surface area (Å²) in [6.45, 7) is 0. The van der Waals surface area contributed by atoms with Crippen LogP contribution in [0.3, 0.4) is 0 Å². The Morgan fingerprint density at radius 2 is 2.56 bits per heavy atom. The summed E-state index contributed by atoms with van der Waals surface area (Å²) in [5, 5.41) is 7.92. The average molecular weight is 167 g/mol. The van der Waals surface area contributed by atoms with Crippen LogP contribution in [0.15, 0.2) is 12.0 Å². The van der Waals surface area contributed by atoms with E-state index in [0.717, 1.165) is 0 Å². The molecule has 0 aliphatic rings. The van der Waals surface area contributed by atoms with Gasteiger partial charge in [0.05, 0.1) is 0 Å². The van der Waals surface area contributed by atoms with Crippen LogP contribution in [0.5, 0.6) is 0 Å². The second-order valence-corrected chi connectivity index (χ2v) is 4.62. The van der Waals surface area contributed by atoms with Gasteiger partial charge in [0.1, 0.15) is 0 Å². The third-order valence-corrected chi connectivity index (χ3v) is 1.67. The van der Waals surface area contributed by atoms with Crippen molar-refractivity contribution < 1.29 is 10.1 Å². The lowest BCUT2D eigenvalue weighted by Gasteiger charge is -1.93. The SMILES string of the molecule is CS(=S)C/C=C(\N)OO. The Morgan fingerprint density at radius 1 is 2.00 bits per heavy atom. The Morgan fingerprint density at radius 3 is 2.89 bits per heavy atom. The molecule has 0 saturated heterocycles. The zero-order valence-electron chi connectivity index (χ0n) is 5.03. The van der Waals surface area contributed by atoms with Crippen molar-refractivity contribution >= 4 is 20.6 Å². The van der Waals surface area contributed by atoms with E-state index in [2.05, 4.69) is 4.89 Å². The van der Waals surface area contributed by atoms with Gasteiger partial charge in [0.25, 0.3) is 0 Å². The predicted molar refractivity (Wildman–Crippen MR) is 41.5 cm³/mol. The predicted octanol–water partition coefficient (Wildman–Crippen LogP) is -0.0139. The molecule has 0 aliphatic heterocycles. The van der Waals surface area contributed by atoms with E-state index in [1.54, 1.807) is 6.08 Å². The topological polar surface area (TPSA) is 55.5 Å². The molecule has 0 aromatic carbocycles. The Bertz CT molecular complexity index is 135. The van der Waals surface area contributed by atoms with E-state index < -0.39 is 0 Å². The van der Waals surface area contributed by atoms with Crippen molar-refractivity contribution in [1.82, 2.24) is 0 Å². The minimum atomic E-state index is -0.102. The third kappa shape index (κ3) is 5.75. The molecular weight excluding hydrogens is 158 g/mol. The van der Waals surface area contributed by atoms with Crippen molar-refractivity contribution in [1.29, 1.82) is 0 Å². The minimum Gasteiger partial charge on any atom is -0.367 e. The summed E-state index contributed by atoms with van der Waals surface area (Å²) in [6, 6.07) is 0. The quantitative estimate of drug-likeness (QED) is 0.352. The molecule has 54 valence electrons. The lowest BCUT2D eigenvalue weighted by Crippen LogP contribution is -2.01. The van der Waals surface area contributed by atoms with Gasteiger partial charge < -0.3 is 10.6 Å². The molecule has 3 nitrogen and oxygen atoms in total. The Kier molecular flexibility index (Phi) is 4.65. The highest BCUT2D eigenvalue weighted by atomic mass is 32.8. The van der Waals surface area contributed by atoms with E-state index in [9.17, 15) is 0 Å². The van der Waals surface area contributed by atoms with Crippen molar-refractivity contribution in [3.05, 3.63) is 12.0 Å². The second-order valence-electron chi connectivity index (χ2n) is 1.44. The van der Waals surface area contributed by atoms with Crippen LogP contribution in [0.25, 0.3) is 0 Å². The highest BCUT2D eigenvalue weighted by molar-refractivity contribution is 8.28. The smallest absolute Gasteiger partial charge is 0.224 e. The molecule has 1 unspecified atom stereocenters. The fraction of sp³-hybridized carbons (Fsp3) is 0.500. The van der Waals surface area contributed by atoms with Gasteiger partial charge in [-0.15, -0.1) is 9.45 Å². The van der Waals surface area contributed by atoms with Crippen LogP contribution < -0.4 is 5.73 Å². The molecule has 9 heavy (non-hydrogen) atoms. The van der Waals surface area contributed by atoms with Gasteiger partial charge in [0, 0.05) is 5.75 Å². The molecule has 0 amide bonds. The molecule has 0 heterocycles. The molecule has 0 aliphatic carbocycles. The van der Waals surface area contributed by atoms with E-state index in [-0.39, 0.29) is 15.3 Å². The number of hydrogen-bond donors (Lipinski definition) is 2. The largest absolute Gasteiger partial charge is 0.367 e. The molecule has 0 radical (unpaired) electrons. The molecule has 5 heteroatoms. The summed E-state index contributed by atoms with van der Waals surface area (Å²) >= 11 is 4.84. The Labute approximate surface area is 61.0 Å². The van der Waals surface area contributed by atoms with Gasteiger partial charge in [0.2, 0.25) is 5.88 Å². The van der Waals surface area contributed by atoms with Crippen molar-refractivity contribution in [2.24, 2.45) is 5.73 Å². The highest BCUT2D eigenvalue weighted by Gasteiger charge is 1.86. The maximum Gasteiger partial charge on any atom is 0.224 e. The van der Waals surface area contributed by atoms with E-state index >= 15 is 0 Å². The van der Waals surface area contributed by atoms with Crippen LogP contribution in [-0.2, 0) is 25.5 Å². The number of hydrogen-bond acceptors (Lipinski definition) is 4. The summed E-state index contributed by atoms with van der Waals surface area (Å²) in [7, 11) is -0.102. The standard InChI is InChI=1S/C4H9NO2S2/c1-9(8)3-2-4(5)7-6/h2,6H,3,5H2,1H3/b4-2+. The monoisotopic (exact) mass is 167 g/mol. The molecule has 0 aromatic heterocycles. The van der Waals surface area contributed by atoms with Crippen LogP contribution in [0.1, 0.15) is 0 Å². The van der Waals surface area contributed by atoms with Gasteiger partial charge >= 0.3 is 0 Å². The van der Waals surface area contributed by atoms with Gasteiger partial charge in [0.15, 0.2) is 0 Å². The lowest BCUT2D eigenvalue weighted by atomic mass is 10.7. The number of rotatable bonds is 3. The molecule has 1 atom stereocenters. The first-order valence-electron chi connectivity index (χ1n) is 2.24. The maximum absolute atomic E-state index is 7.92. The summed E-state index contributed by atoms with van der Waals surface area (Å²) in [5.41, 5.74) is 5.07. The molecule has 0 saturated carbocycles. The van der Waals surface area contributed by atoms with Gasteiger partial charge in [-0.3, -0.25) is 0 Å².